The van der Waals surface area contributed by atoms with Crippen LogP contribution in [0.25, 0.3) is 0 Å². The lowest BCUT2D eigenvalue weighted by molar-refractivity contribution is -0.128. The summed E-state index contributed by atoms with van der Waals surface area (Å²) >= 11 is 0. The van der Waals surface area contributed by atoms with Crippen molar-refractivity contribution in [2.75, 3.05) is 40.5 Å². The zero-order valence-corrected chi connectivity index (χ0v) is 18.1. The Labute approximate surface area is 177 Å². The van der Waals surface area contributed by atoms with E-state index in [2.05, 4.69) is 26.4 Å². The maximum Gasteiger partial charge on any atom is 0.242 e. The third-order valence-corrected chi connectivity index (χ3v) is 3.88. The third kappa shape index (κ3) is 16.3. The molecule has 0 aromatic heterocycles. The summed E-state index contributed by atoms with van der Waals surface area (Å²) in [6, 6.07) is -0.745. The van der Waals surface area contributed by atoms with Gasteiger partial charge in [0, 0.05) is 47.1 Å². The van der Waals surface area contributed by atoms with Crippen LogP contribution in [-0.2, 0) is 28.8 Å². The first-order valence-electron chi connectivity index (χ1n) is 10.1. The van der Waals surface area contributed by atoms with E-state index in [4.69, 9.17) is 9.57 Å². The first-order chi connectivity index (χ1) is 14.4. The minimum absolute atomic E-state index is 0.0143. The van der Waals surface area contributed by atoms with Crippen molar-refractivity contribution in [2.24, 2.45) is 5.16 Å². The highest BCUT2D eigenvalue weighted by molar-refractivity contribution is 5.87. The molecular formula is C19H35N5O6. The fourth-order valence-electron chi connectivity index (χ4n) is 2.34. The lowest BCUT2D eigenvalue weighted by atomic mass is 10.1. The number of nitrogens with one attached hydrogen (secondary N) is 4. The Hall–Kier alpha value is -2.69. The summed E-state index contributed by atoms with van der Waals surface area (Å²) in [5.74, 6) is -0.932. The van der Waals surface area contributed by atoms with Gasteiger partial charge in [-0.3, -0.25) is 19.2 Å². The number of oxime groups is 1. The number of rotatable bonds is 17. The summed E-state index contributed by atoms with van der Waals surface area (Å²) in [4.78, 5) is 51.1. The number of nitrogens with zero attached hydrogens (tertiary/aromatic N) is 1. The number of hydrogen-bond acceptors (Lipinski definition) is 7. The summed E-state index contributed by atoms with van der Waals surface area (Å²) in [6.07, 6.45) is 4.40. The van der Waals surface area contributed by atoms with Gasteiger partial charge in [-0.05, 0) is 25.7 Å². The van der Waals surface area contributed by atoms with Gasteiger partial charge in [0.2, 0.25) is 23.6 Å². The highest BCUT2D eigenvalue weighted by Gasteiger charge is 2.19. The van der Waals surface area contributed by atoms with Crippen LogP contribution in [-0.4, -0.2) is 76.3 Å². The SMILES string of the molecule is CNC(=O)[C@H](CCC(=O)NC/C=N\OCCCCNC(=O)CCCOC)NC(C)=O. The van der Waals surface area contributed by atoms with Crippen molar-refractivity contribution in [1.29, 1.82) is 0 Å². The minimum Gasteiger partial charge on any atom is -0.396 e. The van der Waals surface area contributed by atoms with Crippen LogP contribution in [0.2, 0.25) is 0 Å². The predicted octanol–water partition coefficient (Wildman–Crippen LogP) is -0.541. The van der Waals surface area contributed by atoms with Crippen molar-refractivity contribution in [2.45, 2.75) is 51.5 Å². The highest BCUT2D eigenvalue weighted by atomic mass is 16.6. The molecule has 30 heavy (non-hydrogen) atoms. The average Bonchev–Trinajstić information content (AvgIpc) is 2.71. The zero-order chi connectivity index (χ0) is 22.6. The molecule has 0 rings (SSSR count). The number of methoxy groups -OCH3 is 1. The Morgan fingerprint density at radius 2 is 1.73 bits per heavy atom. The van der Waals surface area contributed by atoms with Gasteiger partial charge in [0.15, 0.2) is 0 Å². The zero-order valence-electron chi connectivity index (χ0n) is 18.1. The molecule has 0 saturated heterocycles. The van der Waals surface area contributed by atoms with Gasteiger partial charge in [0.05, 0.1) is 12.8 Å². The van der Waals surface area contributed by atoms with Gasteiger partial charge in [-0.15, -0.1) is 0 Å². The van der Waals surface area contributed by atoms with E-state index in [-0.39, 0.29) is 43.0 Å². The number of unbranched alkanes of at least 4 members (excludes halogenated alkanes) is 1. The summed E-state index contributed by atoms with van der Waals surface area (Å²) in [7, 11) is 3.07. The molecule has 0 aromatic rings. The minimum atomic E-state index is -0.745. The molecule has 0 aliphatic carbocycles. The van der Waals surface area contributed by atoms with Crippen LogP contribution < -0.4 is 21.3 Å². The largest absolute Gasteiger partial charge is 0.396 e. The first kappa shape index (κ1) is 27.3. The normalized spacial score (nSPS) is 11.6. The Morgan fingerprint density at radius 1 is 1.00 bits per heavy atom. The second kappa shape index (κ2) is 18.3. The molecular weight excluding hydrogens is 394 g/mol. The molecule has 0 bridgehead atoms. The van der Waals surface area contributed by atoms with Crippen molar-refractivity contribution in [1.82, 2.24) is 21.3 Å². The van der Waals surface area contributed by atoms with Gasteiger partial charge in [-0.1, -0.05) is 5.16 Å². The molecule has 0 unspecified atom stereocenters. The molecule has 172 valence electrons. The highest BCUT2D eigenvalue weighted by Crippen LogP contribution is 1.98. The summed E-state index contributed by atoms with van der Waals surface area (Å²) in [6.45, 7) is 3.08. The van der Waals surface area contributed by atoms with E-state index in [1.165, 1.54) is 20.2 Å². The molecule has 0 aliphatic rings. The van der Waals surface area contributed by atoms with Crippen LogP contribution in [0.4, 0.5) is 0 Å². The van der Waals surface area contributed by atoms with Crippen LogP contribution >= 0.6 is 0 Å². The lowest BCUT2D eigenvalue weighted by Crippen LogP contribution is -2.45. The molecule has 0 spiro atoms. The van der Waals surface area contributed by atoms with Gasteiger partial charge < -0.3 is 30.8 Å². The molecule has 11 nitrogen and oxygen atoms in total. The topological polar surface area (TPSA) is 147 Å². The summed E-state index contributed by atoms with van der Waals surface area (Å²) in [5, 5.41) is 14.1. The third-order valence-electron chi connectivity index (χ3n) is 3.88. The maximum atomic E-state index is 11.8. The van der Waals surface area contributed by atoms with Crippen molar-refractivity contribution in [3.8, 4) is 0 Å². The van der Waals surface area contributed by atoms with Crippen molar-refractivity contribution in [3.05, 3.63) is 0 Å². The van der Waals surface area contributed by atoms with Crippen molar-refractivity contribution < 1.29 is 28.8 Å². The molecule has 1 atom stereocenters. The predicted molar refractivity (Wildman–Crippen MR) is 112 cm³/mol. The quantitative estimate of drug-likeness (QED) is 0.139. The summed E-state index contributed by atoms with van der Waals surface area (Å²) < 4.78 is 4.89. The number of amides is 4. The molecule has 4 N–H and O–H groups in total. The van der Waals surface area contributed by atoms with Gasteiger partial charge in [-0.2, -0.15) is 0 Å². The van der Waals surface area contributed by atoms with Crippen LogP contribution in [0.15, 0.2) is 5.16 Å². The Morgan fingerprint density at radius 3 is 2.40 bits per heavy atom. The number of carbonyl (C=O) groups is 4. The van der Waals surface area contributed by atoms with Crippen molar-refractivity contribution in [3.63, 3.8) is 0 Å². The molecule has 4 amide bonds. The fraction of sp³-hybridized carbons (Fsp3) is 0.737. The molecule has 0 fully saturated rings. The van der Waals surface area contributed by atoms with Crippen LogP contribution in [0, 0.1) is 0 Å². The van der Waals surface area contributed by atoms with Crippen molar-refractivity contribution >= 4 is 29.8 Å². The van der Waals surface area contributed by atoms with E-state index in [1.807, 2.05) is 0 Å². The van der Waals surface area contributed by atoms with E-state index in [1.54, 1.807) is 7.11 Å². The Kier molecular flexibility index (Phi) is 16.7. The monoisotopic (exact) mass is 429 g/mol. The van der Waals surface area contributed by atoms with E-state index in [9.17, 15) is 19.2 Å². The van der Waals surface area contributed by atoms with E-state index in [0.717, 1.165) is 12.8 Å². The Bertz CT molecular complexity index is 556. The van der Waals surface area contributed by atoms with E-state index >= 15 is 0 Å². The van der Waals surface area contributed by atoms with Gasteiger partial charge in [0.25, 0.3) is 0 Å². The standard InChI is InChI=1S/C19H35N5O6/c1-15(25)24-16(19(28)20-2)8-9-18(27)22-11-12-23-30-14-5-4-10-21-17(26)7-6-13-29-3/h12,16H,4-11,13-14H2,1-3H3,(H,20,28)(H,21,26)(H,22,27)(H,24,25)/b23-12-/t16-/m0/s1. The van der Waals surface area contributed by atoms with Crippen LogP contribution in [0.3, 0.4) is 0 Å². The average molecular weight is 430 g/mol. The molecule has 0 aliphatic heterocycles. The molecule has 0 radical (unpaired) electrons. The molecule has 0 saturated carbocycles. The number of ether oxygens (including phenoxy) is 1. The second-order valence-corrected chi connectivity index (χ2v) is 6.48. The van der Waals surface area contributed by atoms with E-state index < -0.39 is 6.04 Å². The number of likely N-dealkylation sites (N-methyl/N-ethyl adjacent to an activating group) is 1. The number of hydrogen-bond donors (Lipinski definition) is 4. The van der Waals surface area contributed by atoms with Crippen LogP contribution in [0.1, 0.15) is 45.4 Å². The Balaban J connectivity index is 3.71. The van der Waals surface area contributed by atoms with Gasteiger partial charge in [0.1, 0.15) is 12.6 Å². The smallest absolute Gasteiger partial charge is 0.242 e. The molecule has 11 heteroatoms. The summed E-state index contributed by atoms with van der Waals surface area (Å²) in [5.41, 5.74) is 0. The van der Waals surface area contributed by atoms with Gasteiger partial charge >= 0.3 is 0 Å². The maximum absolute atomic E-state index is 11.8. The first-order valence-corrected chi connectivity index (χ1v) is 10.1. The van der Waals surface area contributed by atoms with Gasteiger partial charge in [-0.25, -0.2) is 0 Å². The van der Waals surface area contributed by atoms with E-state index in [0.29, 0.717) is 32.6 Å². The second-order valence-electron chi connectivity index (χ2n) is 6.48. The fourth-order valence-corrected chi connectivity index (χ4v) is 2.34. The molecule has 0 aromatic carbocycles. The van der Waals surface area contributed by atoms with Crippen LogP contribution in [0.5, 0.6) is 0 Å². The molecule has 0 heterocycles. The lowest BCUT2D eigenvalue weighted by Gasteiger charge is -2.15. The number of carbonyl (C=O) groups excluding carboxylic acids is 4.